The molecule has 3 aromatic rings. The number of amides is 1. The first-order valence-corrected chi connectivity index (χ1v) is 14.2. The number of ether oxygens (including phenoxy) is 4. The van der Waals surface area contributed by atoms with Crippen LogP contribution in [0.2, 0.25) is 0 Å². The van der Waals surface area contributed by atoms with Crippen molar-refractivity contribution in [3.8, 4) is 23.0 Å². The van der Waals surface area contributed by atoms with E-state index in [1.165, 1.54) is 52.7 Å². The van der Waals surface area contributed by atoms with Crippen LogP contribution in [-0.2, 0) is 20.2 Å². The summed E-state index contributed by atoms with van der Waals surface area (Å²) in [4.78, 5) is 13.3. The number of nitrogens with zero attached hydrogens (tertiary/aromatic N) is 1. The van der Waals surface area contributed by atoms with Crippen LogP contribution in [0.1, 0.15) is 32.8 Å². The monoisotopic (exact) mass is 570 g/mol. The molecule has 40 heavy (non-hydrogen) atoms. The van der Waals surface area contributed by atoms with Gasteiger partial charge >= 0.3 is 0 Å². The third-order valence-electron chi connectivity index (χ3n) is 6.66. The van der Waals surface area contributed by atoms with Gasteiger partial charge in [-0.05, 0) is 48.6 Å². The number of hydrogen-bond acceptors (Lipinski definition) is 7. The molecule has 3 aromatic carbocycles. The molecule has 1 atom stereocenters. The first-order chi connectivity index (χ1) is 19.0. The van der Waals surface area contributed by atoms with Crippen molar-refractivity contribution in [1.82, 2.24) is 5.32 Å². The molecule has 0 saturated heterocycles. The summed E-state index contributed by atoms with van der Waals surface area (Å²) in [5, 5.41) is 2.97. The van der Waals surface area contributed by atoms with Gasteiger partial charge in [0.1, 0.15) is 18.0 Å². The lowest BCUT2D eigenvalue weighted by molar-refractivity contribution is -0.120. The zero-order valence-electron chi connectivity index (χ0n) is 24.1. The van der Waals surface area contributed by atoms with Crippen LogP contribution >= 0.6 is 0 Å². The molecule has 1 amide bonds. The minimum Gasteiger partial charge on any atom is -0.497 e. The topological polar surface area (TPSA) is 103 Å². The zero-order valence-corrected chi connectivity index (χ0v) is 24.9. The Kier molecular flexibility index (Phi) is 9.92. The van der Waals surface area contributed by atoms with E-state index >= 15 is 0 Å². The molecule has 0 aliphatic rings. The van der Waals surface area contributed by atoms with E-state index in [2.05, 4.69) is 31.3 Å². The molecule has 0 heterocycles. The van der Waals surface area contributed by atoms with Crippen LogP contribution in [0.4, 0.5) is 5.69 Å². The van der Waals surface area contributed by atoms with Gasteiger partial charge in [0.15, 0.2) is 11.5 Å². The molecule has 0 fully saturated rings. The predicted octanol–water partition coefficient (Wildman–Crippen LogP) is 4.79. The molecule has 9 nitrogen and oxygen atoms in total. The van der Waals surface area contributed by atoms with Gasteiger partial charge < -0.3 is 24.3 Å². The van der Waals surface area contributed by atoms with E-state index in [4.69, 9.17) is 18.9 Å². The molecular formula is C30H38N2O7S. The molecule has 1 N–H and O–H groups in total. The third kappa shape index (κ3) is 6.98. The van der Waals surface area contributed by atoms with Crippen molar-refractivity contribution < 1.29 is 32.2 Å². The zero-order chi connectivity index (χ0) is 29.5. The molecule has 0 spiro atoms. The maximum atomic E-state index is 14.1. The van der Waals surface area contributed by atoms with Crippen LogP contribution in [0, 0.1) is 0 Å². The molecule has 1 unspecified atom stereocenters. The Labute approximate surface area is 237 Å². The van der Waals surface area contributed by atoms with E-state index < -0.39 is 22.5 Å². The van der Waals surface area contributed by atoms with Crippen molar-refractivity contribution in [2.45, 2.75) is 43.5 Å². The SMILES string of the molecule is COc1ccc(OC)c(N(CC(=O)NC(C)CC(C)(C)c2ccccc2)S(=O)(=O)c2ccc(OC)c(OC)c2)c1. The van der Waals surface area contributed by atoms with Gasteiger partial charge in [0.05, 0.1) is 39.0 Å². The second-order valence-electron chi connectivity index (χ2n) is 9.99. The molecule has 10 heteroatoms. The van der Waals surface area contributed by atoms with E-state index in [1.54, 1.807) is 12.1 Å². The fourth-order valence-electron chi connectivity index (χ4n) is 4.67. The smallest absolute Gasteiger partial charge is 0.265 e. The largest absolute Gasteiger partial charge is 0.497 e. The van der Waals surface area contributed by atoms with Crippen LogP contribution < -0.4 is 28.6 Å². The van der Waals surface area contributed by atoms with Gasteiger partial charge in [-0.1, -0.05) is 44.2 Å². The maximum absolute atomic E-state index is 14.1. The van der Waals surface area contributed by atoms with Crippen molar-refractivity contribution in [2.24, 2.45) is 0 Å². The summed E-state index contributed by atoms with van der Waals surface area (Å²) in [6.07, 6.45) is 0.646. The number of hydrogen-bond donors (Lipinski definition) is 1. The lowest BCUT2D eigenvalue weighted by atomic mass is 9.79. The van der Waals surface area contributed by atoms with E-state index in [9.17, 15) is 13.2 Å². The predicted molar refractivity (Wildman–Crippen MR) is 155 cm³/mol. The first kappa shape index (κ1) is 30.6. The van der Waals surface area contributed by atoms with Crippen molar-refractivity contribution in [2.75, 3.05) is 39.3 Å². The summed E-state index contributed by atoms with van der Waals surface area (Å²) in [7, 11) is 1.51. The lowest BCUT2D eigenvalue weighted by Gasteiger charge is -2.30. The van der Waals surface area contributed by atoms with Crippen LogP contribution in [0.25, 0.3) is 0 Å². The molecule has 0 saturated carbocycles. The first-order valence-electron chi connectivity index (χ1n) is 12.8. The number of nitrogens with one attached hydrogen (secondary N) is 1. The number of methoxy groups -OCH3 is 4. The van der Waals surface area contributed by atoms with Crippen molar-refractivity contribution >= 4 is 21.6 Å². The molecule has 0 aromatic heterocycles. The Bertz CT molecular complexity index is 1410. The lowest BCUT2D eigenvalue weighted by Crippen LogP contribution is -2.45. The Morgan fingerprint density at radius 1 is 0.850 bits per heavy atom. The number of carbonyl (C=O) groups excluding carboxylic acids is 1. The Hall–Kier alpha value is -3.92. The van der Waals surface area contributed by atoms with Gasteiger partial charge in [-0.15, -0.1) is 0 Å². The number of rotatable bonds is 13. The highest BCUT2D eigenvalue weighted by Crippen LogP contribution is 2.37. The molecular weight excluding hydrogens is 532 g/mol. The highest BCUT2D eigenvalue weighted by Gasteiger charge is 2.32. The molecule has 0 radical (unpaired) electrons. The van der Waals surface area contributed by atoms with Gasteiger partial charge in [-0.3, -0.25) is 9.10 Å². The van der Waals surface area contributed by atoms with Gasteiger partial charge in [0.2, 0.25) is 5.91 Å². The fraction of sp³-hybridized carbons (Fsp3) is 0.367. The van der Waals surface area contributed by atoms with Gasteiger partial charge in [0.25, 0.3) is 10.0 Å². The second-order valence-corrected chi connectivity index (χ2v) is 11.9. The maximum Gasteiger partial charge on any atom is 0.265 e. The molecule has 0 bridgehead atoms. The second kappa shape index (κ2) is 13.0. The van der Waals surface area contributed by atoms with Gasteiger partial charge in [0, 0.05) is 18.2 Å². The average molecular weight is 571 g/mol. The molecule has 0 aliphatic carbocycles. The summed E-state index contributed by atoms with van der Waals surface area (Å²) < 4.78 is 50.5. The Morgan fingerprint density at radius 2 is 1.48 bits per heavy atom. The third-order valence-corrected chi connectivity index (χ3v) is 8.42. The average Bonchev–Trinajstić information content (AvgIpc) is 2.95. The Morgan fingerprint density at radius 3 is 2.08 bits per heavy atom. The summed E-state index contributed by atoms with van der Waals surface area (Å²) in [6, 6.07) is 18.8. The van der Waals surface area contributed by atoms with E-state index in [0.29, 0.717) is 17.9 Å². The summed E-state index contributed by atoms with van der Waals surface area (Å²) >= 11 is 0. The van der Waals surface area contributed by atoms with Crippen molar-refractivity contribution in [3.05, 3.63) is 72.3 Å². The van der Waals surface area contributed by atoms with Crippen molar-refractivity contribution in [1.29, 1.82) is 0 Å². The summed E-state index contributed by atoms with van der Waals surface area (Å²) in [5.74, 6) is 0.810. The van der Waals surface area contributed by atoms with Crippen molar-refractivity contribution in [3.63, 3.8) is 0 Å². The molecule has 0 aliphatic heterocycles. The van der Waals surface area contributed by atoms with E-state index in [1.807, 2.05) is 25.1 Å². The summed E-state index contributed by atoms with van der Waals surface area (Å²) in [6.45, 7) is 5.64. The van der Waals surface area contributed by atoms with E-state index in [-0.39, 0.29) is 33.5 Å². The summed E-state index contributed by atoms with van der Waals surface area (Å²) in [5.41, 5.74) is 1.09. The number of anilines is 1. The molecule has 3 rings (SSSR count). The fourth-order valence-corrected chi connectivity index (χ4v) is 6.11. The minimum absolute atomic E-state index is 0.0823. The number of carbonyl (C=O) groups is 1. The minimum atomic E-state index is -4.28. The number of benzene rings is 3. The van der Waals surface area contributed by atoms with Crippen LogP contribution in [0.15, 0.2) is 71.6 Å². The van der Waals surface area contributed by atoms with Crippen LogP contribution in [-0.4, -0.2) is 55.4 Å². The van der Waals surface area contributed by atoms with Gasteiger partial charge in [-0.2, -0.15) is 0 Å². The highest BCUT2D eigenvalue weighted by molar-refractivity contribution is 7.92. The van der Waals surface area contributed by atoms with Crippen LogP contribution in [0.5, 0.6) is 23.0 Å². The van der Waals surface area contributed by atoms with Crippen LogP contribution in [0.3, 0.4) is 0 Å². The standard InChI is InChI=1S/C30H38N2O7S/c1-21(19-30(2,3)22-11-9-8-10-12-22)31-29(33)20-32(25-17-23(36-4)13-15-26(25)37-5)40(34,35)24-14-16-27(38-6)28(18-24)39-7/h8-18,21H,19-20H2,1-7H3,(H,31,33). The van der Waals surface area contributed by atoms with Gasteiger partial charge in [-0.25, -0.2) is 8.42 Å². The quantitative estimate of drug-likeness (QED) is 0.315. The molecule has 216 valence electrons. The van der Waals surface area contributed by atoms with E-state index in [0.717, 1.165) is 9.87 Å². The number of sulfonamides is 1. The Balaban J connectivity index is 1.97. The highest BCUT2D eigenvalue weighted by atomic mass is 32.2. The normalized spacial score (nSPS) is 12.3.